The molecule has 1 saturated heterocycles. The summed E-state index contributed by atoms with van der Waals surface area (Å²) in [7, 11) is 2.14. The lowest BCUT2D eigenvalue weighted by Crippen LogP contribution is -2.29. The summed E-state index contributed by atoms with van der Waals surface area (Å²) >= 11 is 0. The molecule has 1 fully saturated rings. The summed E-state index contributed by atoms with van der Waals surface area (Å²) in [6.45, 7) is 8.24. The summed E-state index contributed by atoms with van der Waals surface area (Å²) in [6, 6.07) is 3.72. The van der Waals surface area contributed by atoms with E-state index in [0.717, 1.165) is 38.4 Å². The monoisotopic (exact) mass is 358 g/mol. The second kappa shape index (κ2) is 8.27. The van der Waals surface area contributed by atoms with Gasteiger partial charge in [-0.25, -0.2) is 4.98 Å². The number of nitrogens with one attached hydrogen (secondary N) is 1. The Labute approximate surface area is 153 Å². The maximum Gasteiger partial charge on any atom is 0.253 e. The van der Waals surface area contributed by atoms with E-state index in [9.17, 15) is 4.79 Å². The molecule has 3 rings (SSSR count). The number of likely N-dealkylation sites (N-methyl/N-ethyl adjacent to an activating group) is 1. The van der Waals surface area contributed by atoms with E-state index < -0.39 is 0 Å². The molecule has 2 aromatic rings. The van der Waals surface area contributed by atoms with Gasteiger partial charge in [0, 0.05) is 31.7 Å². The van der Waals surface area contributed by atoms with E-state index in [1.165, 1.54) is 0 Å². The zero-order valence-electron chi connectivity index (χ0n) is 15.6. The van der Waals surface area contributed by atoms with Crippen LogP contribution < -0.4 is 10.2 Å². The number of aromatic nitrogens is 3. The normalized spacial score (nSPS) is 15.9. The second-order valence-corrected chi connectivity index (χ2v) is 6.94. The SMILES string of the molecule is CC(C)c1nc(CNC(=O)c2ccc(N3CCCN(C)CC3)nc2)no1. The molecule has 0 aromatic carbocycles. The van der Waals surface area contributed by atoms with Gasteiger partial charge in [-0.15, -0.1) is 0 Å². The van der Waals surface area contributed by atoms with Crippen LogP contribution in [0.1, 0.15) is 48.3 Å². The average molecular weight is 358 g/mol. The van der Waals surface area contributed by atoms with Crippen LogP contribution >= 0.6 is 0 Å². The molecule has 140 valence electrons. The van der Waals surface area contributed by atoms with Crippen molar-refractivity contribution in [1.29, 1.82) is 0 Å². The Hall–Kier alpha value is -2.48. The lowest BCUT2D eigenvalue weighted by molar-refractivity contribution is 0.0949. The van der Waals surface area contributed by atoms with Crippen molar-refractivity contribution in [2.24, 2.45) is 0 Å². The number of hydrogen-bond acceptors (Lipinski definition) is 7. The molecule has 1 N–H and O–H groups in total. The Morgan fingerprint density at radius 3 is 2.81 bits per heavy atom. The van der Waals surface area contributed by atoms with E-state index in [0.29, 0.717) is 17.3 Å². The molecule has 3 heterocycles. The zero-order valence-corrected chi connectivity index (χ0v) is 15.6. The van der Waals surface area contributed by atoms with Crippen LogP contribution in [-0.2, 0) is 6.54 Å². The zero-order chi connectivity index (χ0) is 18.5. The summed E-state index contributed by atoms with van der Waals surface area (Å²) < 4.78 is 5.13. The van der Waals surface area contributed by atoms with Crippen LogP contribution in [0.15, 0.2) is 22.9 Å². The van der Waals surface area contributed by atoms with Gasteiger partial charge in [0.1, 0.15) is 5.82 Å². The molecule has 1 aliphatic rings. The summed E-state index contributed by atoms with van der Waals surface area (Å²) in [4.78, 5) is 25.6. The Bertz CT molecular complexity index is 728. The van der Waals surface area contributed by atoms with Crippen LogP contribution in [0.5, 0.6) is 0 Å². The number of anilines is 1. The minimum Gasteiger partial charge on any atom is -0.355 e. The third-order valence-electron chi connectivity index (χ3n) is 4.44. The molecule has 1 amide bonds. The number of amides is 1. The smallest absolute Gasteiger partial charge is 0.253 e. The molecule has 0 atom stereocenters. The van der Waals surface area contributed by atoms with Crippen LogP contribution in [0.4, 0.5) is 5.82 Å². The molecular formula is C18H26N6O2. The molecular weight excluding hydrogens is 332 g/mol. The summed E-state index contributed by atoms with van der Waals surface area (Å²) in [5.41, 5.74) is 0.522. The van der Waals surface area contributed by atoms with Gasteiger partial charge in [0.15, 0.2) is 5.82 Å². The van der Waals surface area contributed by atoms with E-state index in [4.69, 9.17) is 4.52 Å². The van der Waals surface area contributed by atoms with Crippen molar-refractivity contribution in [3.05, 3.63) is 35.6 Å². The second-order valence-electron chi connectivity index (χ2n) is 6.94. The van der Waals surface area contributed by atoms with E-state index in [-0.39, 0.29) is 18.4 Å². The molecule has 1 aliphatic heterocycles. The number of hydrogen-bond donors (Lipinski definition) is 1. The van der Waals surface area contributed by atoms with Crippen molar-refractivity contribution in [3.8, 4) is 0 Å². The highest BCUT2D eigenvalue weighted by molar-refractivity contribution is 5.93. The van der Waals surface area contributed by atoms with Gasteiger partial charge < -0.3 is 19.6 Å². The van der Waals surface area contributed by atoms with Gasteiger partial charge in [-0.2, -0.15) is 4.98 Å². The fourth-order valence-electron chi connectivity index (χ4n) is 2.82. The molecule has 0 bridgehead atoms. The highest BCUT2D eigenvalue weighted by Gasteiger charge is 2.15. The molecule has 0 radical (unpaired) electrons. The quantitative estimate of drug-likeness (QED) is 0.870. The number of pyridine rings is 1. The molecule has 26 heavy (non-hydrogen) atoms. The van der Waals surface area contributed by atoms with Crippen molar-refractivity contribution in [2.75, 3.05) is 38.1 Å². The van der Waals surface area contributed by atoms with E-state index in [2.05, 4.69) is 37.3 Å². The lowest BCUT2D eigenvalue weighted by atomic mass is 10.2. The number of carbonyl (C=O) groups is 1. The highest BCUT2D eigenvalue weighted by Crippen LogP contribution is 2.14. The minimum absolute atomic E-state index is 0.169. The molecule has 8 nitrogen and oxygen atoms in total. The number of nitrogens with zero attached hydrogens (tertiary/aromatic N) is 5. The maximum atomic E-state index is 12.3. The summed E-state index contributed by atoms with van der Waals surface area (Å²) in [5.74, 6) is 1.93. The highest BCUT2D eigenvalue weighted by atomic mass is 16.5. The van der Waals surface area contributed by atoms with Crippen molar-refractivity contribution in [2.45, 2.75) is 32.7 Å². The van der Waals surface area contributed by atoms with Gasteiger partial charge in [0.25, 0.3) is 5.91 Å². The Morgan fingerprint density at radius 1 is 1.27 bits per heavy atom. The van der Waals surface area contributed by atoms with Gasteiger partial charge in [-0.1, -0.05) is 19.0 Å². The van der Waals surface area contributed by atoms with Gasteiger partial charge >= 0.3 is 0 Å². The van der Waals surface area contributed by atoms with Crippen molar-refractivity contribution in [3.63, 3.8) is 0 Å². The van der Waals surface area contributed by atoms with Gasteiger partial charge in [0.05, 0.1) is 12.1 Å². The first-order chi connectivity index (χ1) is 12.5. The third-order valence-corrected chi connectivity index (χ3v) is 4.44. The molecule has 0 aliphatic carbocycles. The van der Waals surface area contributed by atoms with E-state index >= 15 is 0 Å². The third kappa shape index (κ3) is 4.57. The van der Waals surface area contributed by atoms with Crippen molar-refractivity contribution in [1.82, 2.24) is 25.3 Å². The van der Waals surface area contributed by atoms with Gasteiger partial charge in [-0.3, -0.25) is 4.79 Å². The summed E-state index contributed by atoms with van der Waals surface area (Å²) in [6.07, 6.45) is 2.73. The molecule has 0 spiro atoms. The Kier molecular flexibility index (Phi) is 5.82. The fourth-order valence-corrected chi connectivity index (χ4v) is 2.82. The van der Waals surface area contributed by atoms with Crippen LogP contribution in [0.3, 0.4) is 0 Å². The topological polar surface area (TPSA) is 87.4 Å². The Morgan fingerprint density at radius 2 is 2.12 bits per heavy atom. The largest absolute Gasteiger partial charge is 0.355 e. The first-order valence-corrected chi connectivity index (χ1v) is 9.03. The standard InChI is InChI=1S/C18H26N6O2/c1-13(2)18-21-15(22-26-18)12-20-17(25)14-5-6-16(19-11-14)24-8-4-7-23(3)9-10-24/h5-6,11,13H,4,7-10,12H2,1-3H3,(H,20,25). The fraction of sp³-hybridized carbons (Fsp3) is 0.556. The van der Waals surface area contributed by atoms with Gasteiger partial charge in [-0.05, 0) is 32.1 Å². The predicted molar refractivity (Wildman–Crippen MR) is 98.1 cm³/mol. The average Bonchev–Trinajstić information content (AvgIpc) is 3.02. The molecule has 0 saturated carbocycles. The van der Waals surface area contributed by atoms with Crippen LogP contribution in [-0.4, -0.2) is 59.2 Å². The minimum atomic E-state index is -0.199. The van der Waals surface area contributed by atoms with Crippen LogP contribution in [0.2, 0.25) is 0 Å². The molecule has 2 aromatic heterocycles. The van der Waals surface area contributed by atoms with E-state index in [1.54, 1.807) is 6.20 Å². The first kappa shape index (κ1) is 18.3. The molecule has 8 heteroatoms. The van der Waals surface area contributed by atoms with Crippen LogP contribution in [0, 0.1) is 0 Å². The van der Waals surface area contributed by atoms with E-state index in [1.807, 2.05) is 26.0 Å². The predicted octanol–water partition coefficient (Wildman–Crippen LogP) is 1.66. The van der Waals surface area contributed by atoms with Crippen molar-refractivity contribution >= 4 is 11.7 Å². The Balaban J connectivity index is 1.56. The van der Waals surface area contributed by atoms with Crippen molar-refractivity contribution < 1.29 is 9.32 Å². The number of rotatable bonds is 5. The maximum absolute atomic E-state index is 12.3. The summed E-state index contributed by atoms with van der Waals surface area (Å²) in [5, 5.41) is 6.66. The van der Waals surface area contributed by atoms with Crippen LogP contribution in [0.25, 0.3) is 0 Å². The van der Waals surface area contributed by atoms with Gasteiger partial charge in [0.2, 0.25) is 5.89 Å². The number of carbonyl (C=O) groups excluding carboxylic acids is 1. The lowest BCUT2D eigenvalue weighted by Gasteiger charge is -2.21. The molecule has 0 unspecified atom stereocenters. The first-order valence-electron chi connectivity index (χ1n) is 9.03.